The molecule has 9 heteroatoms. The lowest BCUT2D eigenvalue weighted by molar-refractivity contribution is -0.141. The maximum absolute atomic E-state index is 12.9. The first-order chi connectivity index (χ1) is 15.5. The Morgan fingerprint density at radius 1 is 0.906 bits per heavy atom. The Balaban J connectivity index is 1.79. The fourth-order valence-electron chi connectivity index (χ4n) is 5.11. The number of hydrogen-bond acceptors (Lipinski definition) is 9. The summed E-state index contributed by atoms with van der Waals surface area (Å²) in [7, 11) is 6.12. The van der Waals surface area contributed by atoms with Gasteiger partial charge >= 0.3 is 5.97 Å². The predicted octanol–water partition coefficient (Wildman–Crippen LogP) is 2.42. The van der Waals surface area contributed by atoms with Crippen molar-refractivity contribution in [1.82, 2.24) is 0 Å². The first-order valence-electron chi connectivity index (χ1n) is 10.2. The number of fused-ring (bicyclic) bond motifs is 3. The van der Waals surface area contributed by atoms with Crippen LogP contribution in [0, 0.1) is 11.8 Å². The molecule has 2 aliphatic heterocycles. The summed E-state index contributed by atoms with van der Waals surface area (Å²) < 4.78 is 38.8. The van der Waals surface area contributed by atoms with Crippen LogP contribution >= 0.6 is 0 Å². The lowest BCUT2D eigenvalue weighted by Gasteiger charge is -2.37. The monoisotopic (exact) mass is 444 g/mol. The van der Waals surface area contributed by atoms with Gasteiger partial charge in [0, 0.05) is 17.4 Å². The molecular formula is C23H24O9. The molecular weight excluding hydrogens is 420 g/mol. The van der Waals surface area contributed by atoms with Gasteiger partial charge in [-0.05, 0) is 29.3 Å². The fraction of sp³-hybridized carbons (Fsp3) is 0.435. The number of benzene rings is 2. The molecule has 5 rings (SSSR count). The number of carbonyl (C=O) groups is 1. The molecule has 2 aromatic carbocycles. The lowest BCUT2D eigenvalue weighted by atomic mass is 9.66. The quantitative estimate of drug-likeness (QED) is 0.697. The summed E-state index contributed by atoms with van der Waals surface area (Å²) in [5.74, 6) is 0.823. The highest BCUT2D eigenvalue weighted by Crippen LogP contribution is 2.59. The molecule has 3 aliphatic rings. The Labute approximate surface area is 184 Å². The van der Waals surface area contributed by atoms with Crippen molar-refractivity contribution in [2.24, 2.45) is 11.8 Å². The third kappa shape index (κ3) is 2.77. The van der Waals surface area contributed by atoms with Gasteiger partial charge in [-0.2, -0.15) is 0 Å². The predicted molar refractivity (Wildman–Crippen MR) is 110 cm³/mol. The number of aliphatic hydroxyl groups is 1. The Morgan fingerprint density at radius 2 is 1.59 bits per heavy atom. The number of methoxy groups -OCH3 is 4. The zero-order valence-electron chi connectivity index (χ0n) is 18.2. The van der Waals surface area contributed by atoms with Crippen molar-refractivity contribution in [3.05, 3.63) is 34.9 Å². The van der Waals surface area contributed by atoms with Crippen LogP contribution in [0.3, 0.4) is 0 Å². The normalized spacial score (nSPS) is 25.0. The Hall–Kier alpha value is -3.33. The molecule has 4 atom stereocenters. The molecule has 1 fully saturated rings. The summed E-state index contributed by atoms with van der Waals surface area (Å²) in [6, 6.07) is 5.43. The van der Waals surface area contributed by atoms with Crippen molar-refractivity contribution >= 4 is 5.97 Å². The minimum absolute atomic E-state index is 0.0500. The minimum Gasteiger partial charge on any atom is -0.493 e. The topological polar surface area (TPSA) is 102 Å². The van der Waals surface area contributed by atoms with E-state index in [1.165, 1.54) is 28.4 Å². The van der Waals surface area contributed by atoms with Crippen LogP contribution in [-0.2, 0) is 9.53 Å². The molecule has 1 saturated heterocycles. The Bertz CT molecular complexity index is 1050. The highest BCUT2D eigenvalue weighted by molar-refractivity contribution is 5.79. The molecule has 170 valence electrons. The zero-order valence-corrected chi connectivity index (χ0v) is 18.2. The molecule has 32 heavy (non-hydrogen) atoms. The summed E-state index contributed by atoms with van der Waals surface area (Å²) in [6.45, 7) is 0.164. The largest absolute Gasteiger partial charge is 0.493 e. The van der Waals surface area contributed by atoms with Gasteiger partial charge in [0.15, 0.2) is 23.0 Å². The van der Waals surface area contributed by atoms with Crippen LogP contribution in [0.1, 0.15) is 28.7 Å². The van der Waals surface area contributed by atoms with Crippen LogP contribution in [0.5, 0.6) is 34.5 Å². The molecule has 1 aliphatic carbocycles. The lowest BCUT2D eigenvalue weighted by Crippen LogP contribution is -2.35. The van der Waals surface area contributed by atoms with E-state index in [9.17, 15) is 9.90 Å². The molecule has 0 bridgehead atoms. The van der Waals surface area contributed by atoms with Gasteiger partial charge in [0.1, 0.15) is 0 Å². The van der Waals surface area contributed by atoms with E-state index in [4.69, 9.17) is 33.2 Å². The average Bonchev–Trinajstić information content (AvgIpc) is 3.44. The van der Waals surface area contributed by atoms with E-state index in [-0.39, 0.29) is 19.4 Å². The highest BCUT2D eigenvalue weighted by atomic mass is 16.7. The van der Waals surface area contributed by atoms with Gasteiger partial charge in [0.05, 0.1) is 47.1 Å². The molecule has 0 spiro atoms. The van der Waals surface area contributed by atoms with E-state index in [1.807, 2.05) is 12.1 Å². The summed E-state index contributed by atoms with van der Waals surface area (Å²) in [5.41, 5.74) is 2.02. The number of aliphatic hydroxyl groups excluding tert-OH is 1. The second-order valence-electron chi connectivity index (χ2n) is 7.85. The summed E-state index contributed by atoms with van der Waals surface area (Å²) in [4.78, 5) is 12.9. The van der Waals surface area contributed by atoms with Crippen molar-refractivity contribution in [1.29, 1.82) is 0 Å². The first kappa shape index (κ1) is 20.6. The van der Waals surface area contributed by atoms with Crippen LogP contribution in [0.25, 0.3) is 0 Å². The standard InChI is InChI=1S/C23H24O9/c1-26-13-5-10(6-14(27-2)20(13)28-3)16-11-7-15-21(32-9-31-15)22(29-4)18(11)19(24)12-8-30-23(25)17(12)16/h5-7,12,16-17,19,24H,8-9H2,1-4H3/t12-,16+,17-,19-/m0/s1. The average molecular weight is 444 g/mol. The molecule has 9 nitrogen and oxygen atoms in total. The maximum atomic E-state index is 12.9. The number of esters is 1. The molecule has 1 N–H and O–H groups in total. The molecule has 0 unspecified atom stereocenters. The third-order valence-corrected chi connectivity index (χ3v) is 6.49. The van der Waals surface area contributed by atoms with E-state index >= 15 is 0 Å². The van der Waals surface area contributed by atoms with E-state index in [2.05, 4.69) is 0 Å². The van der Waals surface area contributed by atoms with Gasteiger partial charge in [0.25, 0.3) is 0 Å². The molecule has 0 saturated carbocycles. The SMILES string of the molecule is COc1cc([C@@H]2c3cc4c(c(OC)c3[C@@H](O)[C@H]3COC(=O)[C@H]23)OCO4)cc(OC)c1OC. The van der Waals surface area contributed by atoms with Crippen molar-refractivity contribution < 1.29 is 43.1 Å². The third-order valence-electron chi connectivity index (χ3n) is 6.49. The number of cyclic esters (lactones) is 1. The van der Waals surface area contributed by atoms with E-state index in [0.29, 0.717) is 45.6 Å². The van der Waals surface area contributed by atoms with Crippen molar-refractivity contribution in [2.75, 3.05) is 41.8 Å². The molecule has 2 heterocycles. The van der Waals surface area contributed by atoms with E-state index < -0.39 is 23.9 Å². The summed E-state index contributed by atoms with van der Waals surface area (Å²) >= 11 is 0. The second-order valence-corrected chi connectivity index (χ2v) is 7.85. The van der Waals surface area contributed by atoms with Crippen molar-refractivity contribution in [3.63, 3.8) is 0 Å². The minimum atomic E-state index is -0.968. The Kier molecular flexibility index (Phi) is 4.93. The summed E-state index contributed by atoms with van der Waals surface area (Å²) in [5, 5.41) is 11.3. The number of hydrogen-bond donors (Lipinski definition) is 1. The smallest absolute Gasteiger partial charge is 0.310 e. The first-order valence-corrected chi connectivity index (χ1v) is 10.2. The van der Waals surface area contributed by atoms with Gasteiger partial charge in [-0.1, -0.05) is 0 Å². The van der Waals surface area contributed by atoms with Gasteiger partial charge in [-0.25, -0.2) is 0 Å². The van der Waals surface area contributed by atoms with Gasteiger partial charge < -0.3 is 38.3 Å². The van der Waals surface area contributed by atoms with E-state index in [0.717, 1.165) is 5.56 Å². The fourth-order valence-corrected chi connectivity index (χ4v) is 5.11. The van der Waals surface area contributed by atoms with Gasteiger partial charge in [0.2, 0.25) is 18.3 Å². The van der Waals surface area contributed by atoms with E-state index in [1.54, 1.807) is 6.07 Å². The number of rotatable bonds is 5. The van der Waals surface area contributed by atoms with Crippen LogP contribution < -0.4 is 28.4 Å². The van der Waals surface area contributed by atoms with Gasteiger partial charge in [-0.15, -0.1) is 0 Å². The van der Waals surface area contributed by atoms with Gasteiger partial charge in [-0.3, -0.25) is 4.79 Å². The van der Waals surface area contributed by atoms with Crippen LogP contribution in [-0.4, -0.2) is 52.9 Å². The second kappa shape index (κ2) is 7.67. The van der Waals surface area contributed by atoms with Crippen molar-refractivity contribution in [3.8, 4) is 34.5 Å². The molecule has 0 radical (unpaired) electrons. The number of carbonyl (C=O) groups excluding carboxylic acids is 1. The molecule has 2 aromatic rings. The zero-order chi connectivity index (χ0) is 22.6. The van der Waals surface area contributed by atoms with Crippen LogP contribution in [0.15, 0.2) is 18.2 Å². The summed E-state index contributed by atoms with van der Waals surface area (Å²) in [6.07, 6.45) is -0.968. The Morgan fingerprint density at radius 3 is 2.22 bits per heavy atom. The highest BCUT2D eigenvalue weighted by Gasteiger charge is 2.53. The van der Waals surface area contributed by atoms with Crippen LogP contribution in [0.4, 0.5) is 0 Å². The van der Waals surface area contributed by atoms with Crippen LogP contribution in [0.2, 0.25) is 0 Å². The number of ether oxygens (including phenoxy) is 7. The maximum Gasteiger partial charge on any atom is 0.310 e. The molecule has 0 aromatic heterocycles. The van der Waals surface area contributed by atoms with Crippen molar-refractivity contribution in [2.45, 2.75) is 12.0 Å². The molecule has 0 amide bonds.